The first-order valence-electron chi connectivity index (χ1n) is 5.74. The molecule has 1 heterocycles. The summed E-state index contributed by atoms with van der Waals surface area (Å²) in [5.41, 5.74) is 0. The molecule has 3 heteroatoms. The molecule has 88 valence electrons. The molecule has 1 fully saturated rings. The second-order valence-corrected chi connectivity index (χ2v) is 4.70. The highest BCUT2D eigenvalue weighted by molar-refractivity contribution is 5.77. The smallest absolute Gasteiger partial charge is 0.168 e. The second kappa shape index (κ2) is 5.08. The summed E-state index contributed by atoms with van der Waals surface area (Å²) in [4.78, 5) is 11.0. The molecule has 0 radical (unpaired) electrons. The fourth-order valence-corrected chi connectivity index (χ4v) is 1.67. The fraction of sp³-hybridized carbons (Fsp3) is 0.917. The van der Waals surface area contributed by atoms with Gasteiger partial charge in [-0.3, -0.25) is 4.79 Å². The van der Waals surface area contributed by atoms with Gasteiger partial charge in [-0.2, -0.15) is 0 Å². The highest BCUT2D eigenvalue weighted by Gasteiger charge is 2.38. The SMILES string of the molecule is CC(=O)[C@@H](C)CCO[C@@]1(C)OCC[C@@H]1C. The Hall–Kier alpha value is -0.410. The molecule has 0 saturated carbocycles. The minimum atomic E-state index is -0.434. The molecule has 1 saturated heterocycles. The van der Waals surface area contributed by atoms with Gasteiger partial charge in [0, 0.05) is 11.8 Å². The van der Waals surface area contributed by atoms with Crippen LogP contribution in [0.2, 0.25) is 0 Å². The van der Waals surface area contributed by atoms with Crippen LogP contribution in [0.3, 0.4) is 0 Å². The Morgan fingerprint density at radius 3 is 2.80 bits per heavy atom. The number of rotatable bonds is 5. The van der Waals surface area contributed by atoms with Gasteiger partial charge in [0.2, 0.25) is 0 Å². The third-order valence-corrected chi connectivity index (χ3v) is 3.47. The Balaban J connectivity index is 2.28. The molecule has 0 bridgehead atoms. The molecule has 15 heavy (non-hydrogen) atoms. The lowest BCUT2D eigenvalue weighted by Crippen LogP contribution is -2.34. The average Bonchev–Trinajstić information content (AvgIpc) is 2.47. The van der Waals surface area contributed by atoms with Crippen molar-refractivity contribution in [3.8, 4) is 0 Å². The first-order chi connectivity index (χ1) is 6.96. The van der Waals surface area contributed by atoms with E-state index in [9.17, 15) is 4.79 Å². The molecule has 0 N–H and O–H groups in total. The fourth-order valence-electron chi connectivity index (χ4n) is 1.67. The minimum absolute atomic E-state index is 0.0882. The van der Waals surface area contributed by atoms with E-state index in [0.29, 0.717) is 12.5 Å². The van der Waals surface area contributed by atoms with Gasteiger partial charge in [0.1, 0.15) is 5.78 Å². The Morgan fingerprint density at radius 1 is 1.67 bits per heavy atom. The monoisotopic (exact) mass is 214 g/mol. The van der Waals surface area contributed by atoms with Crippen LogP contribution in [0, 0.1) is 11.8 Å². The quantitative estimate of drug-likeness (QED) is 0.705. The van der Waals surface area contributed by atoms with Gasteiger partial charge >= 0.3 is 0 Å². The van der Waals surface area contributed by atoms with Crippen LogP contribution in [0.4, 0.5) is 0 Å². The average molecular weight is 214 g/mol. The maximum absolute atomic E-state index is 11.0. The summed E-state index contributed by atoms with van der Waals surface area (Å²) >= 11 is 0. The first-order valence-corrected chi connectivity index (χ1v) is 5.74. The molecule has 0 aromatic carbocycles. The van der Waals surface area contributed by atoms with E-state index >= 15 is 0 Å². The first kappa shape index (κ1) is 12.7. The number of ketones is 1. The van der Waals surface area contributed by atoms with Crippen molar-refractivity contribution in [2.24, 2.45) is 11.8 Å². The Bertz CT molecular complexity index is 227. The topological polar surface area (TPSA) is 35.5 Å². The van der Waals surface area contributed by atoms with Crippen molar-refractivity contribution in [3.63, 3.8) is 0 Å². The van der Waals surface area contributed by atoms with Gasteiger partial charge in [-0.1, -0.05) is 13.8 Å². The maximum atomic E-state index is 11.0. The number of hydrogen-bond acceptors (Lipinski definition) is 3. The van der Waals surface area contributed by atoms with Gasteiger partial charge in [-0.05, 0) is 26.7 Å². The molecule has 0 unspecified atom stereocenters. The summed E-state index contributed by atoms with van der Waals surface area (Å²) in [5.74, 6) is 0.316. The second-order valence-electron chi connectivity index (χ2n) is 4.70. The summed E-state index contributed by atoms with van der Waals surface area (Å²) in [6, 6.07) is 0. The summed E-state index contributed by atoms with van der Waals surface area (Å²) in [6.07, 6.45) is 1.83. The predicted octanol–water partition coefficient (Wildman–Crippen LogP) is 2.39. The molecule has 1 aliphatic heterocycles. The molecule has 0 amide bonds. The maximum Gasteiger partial charge on any atom is 0.168 e. The van der Waals surface area contributed by atoms with Crippen LogP contribution in [-0.2, 0) is 14.3 Å². The molecule has 3 nitrogen and oxygen atoms in total. The molecular formula is C12H22O3. The summed E-state index contributed by atoms with van der Waals surface area (Å²) in [6.45, 7) is 9.07. The molecule has 0 spiro atoms. The van der Waals surface area contributed by atoms with Crippen LogP contribution in [-0.4, -0.2) is 24.8 Å². The number of carbonyl (C=O) groups excluding carboxylic acids is 1. The van der Waals surface area contributed by atoms with Crippen molar-refractivity contribution < 1.29 is 14.3 Å². The normalized spacial score (nSPS) is 32.9. The third kappa shape index (κ3) is 3.28. The summed E-state index contributed by atoms with van der Waals surface area (Å²) in [7, 11) is 0. The van der Waals surface area contributed by atoms with E-state index in [0.717, 1.165) is 19.4 Å². The van der Waals surface area contributed by atoms with Crippen molar-refractivity contribution in [1.82, 2.24) is 0 Å². The number of Topliss-reactive ketones (excluding diaryl/α,β-unsaturated/α-hetero) is 1. The van der Waals surface area contributed by atoms with E-state index < -0.39 is 5.79 Å². The van der Waals surface area contributed by atoms with Gasteiger partial charge < -0.3 is 9.47 Å². The van der Waals surface area contributed by atoms with Crippen LogP contribution >= 0.6 is 0 Å². The van der Waals surface area contributed by atoms with Gasteiger partial charge in [0.05, 0.1) is 13.2 Å². The van der Waals surface area contributed by atoms with Crippen molar-refractivity contribution in [2.75, 3.05) is 13.2 Å². The van der Waals surface area contributed by atoms with Gasteiger partial charge in [-0.15, -0.1) is 0 Å². The van der Waals surface area contributed by atoms with E-state index in [1.165, 1.54) is 0 Å². The molecular weight excluding hydrogens is 192 g/mol. The van der Waals surface area contributed by atoms with Crippen LogP contribution in [0.25, 0.3) is 0 Å². The summed E-state index contributed by atoms with van der Waals surface area (Å²) < 4.78 is 11.3. The Labute approximate surface area is 92.1 Å². The molecule has 0 aromatic rings. The molecule has 1 rings (SSSR count). The van der Waals surface area contributed by atoms with Crippen molar-refractivity contribution in [3.05, 3.63) is 0 Å². The van der Waals surface area contributed by atoms with Gasteiger partial charge in [0.25, 0.3) is 0 Å². The standard InChI is InChI=1S/C12H22O3/c1-9(11(3)13)5-7-14-12(4)10(2)6-8-15-12/h9-10H,5-8H2,1-4H3/t9-,10-,12-/m0/s1. The van der Waals surface area contributed by atoms with Gasteiger partial charge in [0.15, 0.2) is 5.79 Å². The molecule has 0 aromatic heterocycles. The van der Waals surface area contributed by atoms with Gasteiger partial charge in [-0.25, -0.2) is 0 Å². The molecule has 0 aliphatic carbocycles. The highest BCUT2D eigenvalue weighted by atomic mass is 16.7. The van der Waals surface area contributed by atoms with Crippen molar-refractivity contribution >= 4 is 5.78 Å². The van der Waals surface area contributed by atoms with E-state index in [4.69, 9.17) is 9.47 Å². The van der Waals surface area contributed by atoms with E-state index in [2.05, 4.69) is 6.92 Å². The minimum Gasteiger partial charge on any atom is -0.350 e. The lowest BCUT2D eigenvalue weighted by molar-refractivity contribution is -0.217. The third-order valence-electron chi connectivity index (χ3n) is 3.47. The molecule has 1 aliphatic rings. The number of ether oxygens (including phenoxy) is 2. The lowest BCUT2D eigenvalue weighted by Gasteiger charge is -2.28. The van der Waals surface area contributed by atoms with Crippen molar-refractivity contribution in [1.29, 1.82) is 0 Å². The van der Waals surface area contributed by atoms with E-state index in [1.807, 2.05) is 13.8 Å². The zero-order chi connectivity index (χ0) is 11.5. The zero-order valence-corrected chi connectivity index (χ0v) is 10.2. The Morgan fingerprint density at radius 2 is 2.33 bits per heavy atom. The summed E-state index contributed by atoms with van der Waals surface area (Å²) in [5, 5.41) is 0. The number of carbonyl (C=O) groups is 1. The van der Waals surface area contributed by atoms with Crippen LogP contribution < -0.4 is 0 Å². The van der Waals surface area contributed by atoms with E-state index in [1.54, 1.807) is 6.92 Å². The zero-order valence-electron chi connectivity index (χ0n) is 10.2. The van der Waals surface area contributed by atoms with Crippen LogP contribution in [0.15, 0.2) is 0 Å². The highest BCUT2D eigenvalue weighted by Crippen LogP contribution is 2.32. The predicted molar refractivity (Wildman–Crippen MR) is 58.6 cm³/mol. The van der Waals surface area contributed by atoms with E-state index in [-0.39, 0.29) is 11.7 Å². The lowest BCUT2D eigenvalue weighted by atomic mass is 10.0. The largest absolute Gasteiger partial charge is 0.350 e. The molecule has 3 atom stereocenters. The van der Waals surface area contributed by atoms with Crippen molar-refractivity contribution in [2.45, 2.75) is 46.3 Å². The van der Waals surface area contributed by atoms with Crippen LogP contribution in [0.1, 0.15) is 40.5 Å². The van der Waals surface area contributed by atoms with Crippen LogP contribution in [0.5, 0.6) is 0 Å². The number of hydrogen-bond donors (Lipinski definition) is 0. The Kier molecular flexibility index (Phi) is 4.29.